The Labute approximate surface area is 257 Å². The summed E-state index contributed by atoms with van der Waals surface area (Å²) in [6.45, 7) is 14.3. The summed E-state index contributed by atoms with van der Waals surface area (Å²) in [6.07, 6.45) is 4.88. The first-order chi connectivity index (χ1) is 20.5. The van der Waals surface area contributed by atoms with Crippen LogP contribution in [-0.4, -0.2) is 116 Å². The maximum Gasteiger partial charge on any atom is 0.211 e. The average Bonchev–Trinajstić information content (AvgIpc) is 3.57. The third-order valence-corrected chi connectivity index (χ3v) is 11.9. The summed E-state index contributed by atoms with van der Waals surface area (Å²) in [7, 11) is -4.30. The van der Waals surface area contributed by atoms with Crippen molar-refractivity contribution in [3.8, 4) is 11.4 Å². The monoisotopic (exact) mass is 644 g/mol. The molecular weight excluding hydrogens is 605 g/mol. The van der Waals surface area contributed by atoms with E-state index in [4.69, 9.17) is 24.4 Å². The van der Waals surface area contributed by atoms with Crippen LogP contribution in [-0.2, 0) is 32.8 Å². The van der Waals surface area contributed by atoms with Crippen LogP contribution >= 0.6 is 11.3 Å². The van der Waals surface area contributed by atoms with Crippen molar-refractivity contribution in [2.45, 2.75) is 39.0 Å². The van der Waals surface area contributed by atoms with Crippen molar-refractivity contribution in [3.63, 3.8) is 0 Å². The number of rotatable bonds is 10. The second kappa shape index (κ2) is 12.5. The molecule has 6 rings (SSSR count). The van der Waals surface area contributed by atoms with Crippen molar-refractivity contribution < 1.29 is 17.9 Å². The maximum atomic E-state index is 11.9. The van der Waals surface area contributed by atoms with Crippen LogP contribution in [0.4, 0.5) is 5.82 Å². The van der Waals surface area contributed by atoms with Gasteiger partial charge in [-0.25, -0.2) is 28.4 Å². The molecule has 0 aliphatic carbocycles. The van der Waals surface area contributed by atoms with Crippen LogP contribution in [0.2, 0.25) is 25.7 Å². The van der Waals surface area contributed by atoms with Gasteiger partial charge in [0.05, 0.1) is 36.0 Å². The number of fused-ring (bicyclic) bond motifs is 2. The average molecular weight is 645 g/mol. The molecule has 0 atom stereocenters. The molecule has 0 saturated carbocycles. The molecule has 0 aromatic carbocycles. The van der Waals surface area contributed by atoms with Gasteiger partial charge in [0.1, 0.15) is 12.2 Å². The lowest BCUT2D eigenvalue weighted by Crippen LogP contribution is -2.47. The third-order valence-electron chi connectivity index (χ3n) is 7.84. The molecule has 4 aromatic rings. The Balaban J connectivity index is 1.25. The fraction of sp³-hybridized carbons (Fsp3) is 0.571. The number of aromatic nitrogens is 5. The SMILES string of the molecule is C[Si](C)(C)CCOCn1cnc2cc(-c3nc(N4CCOCC4)c4sc(CN5CCN(S(C)(=O)=O)CC5)cc4n3)cnc21. The molecule has 12 nitrogen and oxygen atoms in total. The van der Waals surface area contributed by atoms with Crippen molar-refractivity contribution in [2.24, 2.45) is 0 Å². The first-order valence-electron chi connectivity index (χ1n) is 14.7. The summed E-state index contributed by atoms with van der Waals surface area (Å²) >= 11 is 1.71. The van der Waals surface area contributed by atoms with E-state index in [-0.39, 0.29) is 0 Å². The van der Waals surface area contributed by atoms with Crippen LogP contribution in [0.5, 0.6) is 0 Å². The predicted octanol–water partition coefficient (Wildman–Crippen LogP) is 3.33. The molecule has 232 valence electrons. The first kappa shape index (κ1) is 30.5. The van der Waals surface area contributed by atoms with Crippen molar-refractivity contribution in [1.82, 2.24) is 33.7 Å². The van der Waals surface area contributed by atoms with E-state index in [1.807, 2.05) is 16.8 Å². The molecule has 0 amide bonds. The second-order valence-electron chi connectivity index (χ2n) is 12.5. The molecular formula is C28H40N8O4S2Si. The van der Waals surface area contributed by atoms with Crippen LogP contribution in [0, 0.1) is 0 Å². The van der Waals surface area contributed by atoms with Gasteiger partial charge in [-0.3, -0.25) is 9.47 Å². The number of piperazine rings is 1. The van der Waals surface area contributed by atoms with Gasteiger partial charge in [0.15, 0.2) is 17.3 Å². The van der Waals surface area contributed by atoms with E-state index in [1.165, 1.54) is 11.1 Å². The van der Waals surface area contributed by atoms with E-state index in [1.54, 1.807) is 22.0 Å². The smallest absolute Gasteiger partial charge is 0.211 e. The van der Waals surface area contributed by atoms with Gasteiger partial charge in [-0.1, -0.05) is 19.6 Å². The zero-order valence-corrected chi connectivity index (χ0v) is 28.0. The van der Waals surface area contributed by atoms with Gasteiger partial charge >= 0.3 is 0 Å². The summed E-state index contributed by atoms with van der Waals surface area (Å²) in [4.78, 5) is 25.2. The molecule has 2 aliphatic heterocycles. The highest BCUT2D eigenvalue weighted by Crippen LogP contribution is 2.35. The largest absolute Gasteiger partial charge is 0.378 e. The van der Waals surface area contributed by atoms with Crippen molar-refractivity contribution in [2.75, 3.05) is 70.2 Å². The number of ether oxygens (including phenoxy) is 2. The number of sulfonamides is 1. The van der Waals surface area contributed by atoms with E-state index in [9.17, 15) is 8.42 Å². The van der Waals surface area contributed by atoms with Gasteiger partial charge in [-0.2, -0.15) is 4.31 Å². The lowest BCUT2D eigenvalue weighted by atomic mass is 10.2. The number of nitrogens with zero attached hydrogens (tertiary/aromatic N) is 8. The fourth-order valence-corrected chi connectivity index (χ4v) is 8.05. The molecule has 2 fully saturated rings. The zero-order valence-electron chi connectivity index (χ0n) is 25.3. The Bertz CT molecular complexity index is 1690. The summed E-state index contributed by atoms with van der Waals surface area (Å²) in [5.74, 6) is 1.54. The van der Waals surface area contributed by atoms with Crippen LogP contribution in [0.3, 0.4) is 0 Å². The molecule has 4 aromatic heterocycles. The predicted molar refractivity (Wildman–Crippen MR) is 173 cm³/mol. The molecule has 15 heteroatoms. The van der Waals surface area contributed by atoms with Crippen LogP contribution in [0.15, 0.2) is 24.7 Å². The maximum absolute atomic E-state index is 11.9. The quantitative estimate of drug-likeness (QED) is 0.188. The van der Waals surface area contributed by atoms with Gasteiger partial charge in [0, 0.05) is 77.1 Å². The summed E-state index contributed by atoms with van der Waals surface area (Å²) in [6, 6.07) is 5.27. The minimum Gasteiger partial charge on any atom is -0.378 e. The van der Waals surface area contributed by atoms with E-state index in [0.717, 1.165) is 65.0 Å². The first-order valence-corrected chi connectivity index (χ1v) is 21.1. The summed E-state index contributed by atoms with van der Waals surface area (Å²) < 4.78 is 40.0. The van der Waals surface area contributed by atoms with E-state index in [0.29, 0.717) is 51.9 Å². The van der Waals surface area contributed by atoms with Crippen LogP contribution in [0.25, 0.3) is 32.8 Å². The number of hydrogen-bond donors (Lipinski definition) is 0. The van der Waals surface area contributed by atoms with Crippen LogP contribution < -0.4 is 4.90 Å². The van der Waals surface area contributed by atoms with Gasteiger partial charge in [-0.15, -0.1) is 11.3 Å². The molecule has 0 N–H and O–H groups in total. The van der Waals surface area contributed by atoms with Crippen molar-refractivity contribution in [3.05, 3.63) is 29.5 Å². The Morgan fingerprint density at radius 3 is 2.49 bits per heavy atom. The fourth-order valence-electron chi connectivity index (χ4n) is 5.31. The Hall–Kier alpha value is -2.53. The highest BCUT2D eigenvalue weighted by atomic mass is 32.2. The lowest BCUT2D eigenvalue weighted by Gasteiger charge is -2.32. The number of morpholine rings is 1. The van der Waals surface area contributed by atoms with Gasteiger partial charge < -0.3 is 14.4 Å². The molecule has 43 heavy (non-hydrogen) atoms. The number of hydrogen-bond acceptors (Lipinski definition) is 11. The van der Waals surface area contributed by atoms with E-state index in [2.05, 4.69) is 40.5 Å². The Kier molecular flexibility index (Phi) is 8.83. The van der Waals surface area contributed by atoms with E-state index < -0.39 is 18.1 Å². The van der Waals surface area contributed by atoms with Crippen molar-refractivity contribution >= 4 is 56.6 Å². The molecule has 0 bridgehead atoms. The van der Waals surface area contributed by atoms with Crippen LogP contribution in [0.1, 0.15) is 4.88 Å². The molecule has 2 aliphatic rings. The number of thiophene rings is 1. The normalized spacial score (nSPS) is 17.8. The molecule has 6 heterocycles. The number of anilines is 1. The molecule has 0 unspecified atom stereocenters. The Morgan fingerprint density at radius 1 is 1.00 bits per heavy atom. The standard InChI is InChI=1S/C28H40N8O4S2Si/c1-42(37,38)36-7-5-33(6-8-36)18-22-16-23-25(41-22)28(34-9-11-39-12-10-34)32-26(31-23)21-15-24-27(29-17-21)35(19-30-24)20-40-13-14-43(2,3)4/h15-17,19H,5-14,18,20H2,1-4H3. The highest BCUT2D eigenvalue weighted by molar-refractivity contribution is 7.88. The van der Waals surface area contributed by atoms with Gasteiger partial charge in [0.25, 0.3) is 0 Å². The zero-order chi connectivity index (χ0) is 30.2. The van der Waals surface area contributed by atoms with E-state index >= 15 is 0 Å². The summed E-state index contributed by atoms with van der Waals surface area (Å²) in [5.41, 5.74) is 3.28. The molecule has 0 spiro atoms. The minimum absolute atomic E-state index is 0.429. The minimum atomic E-state index is -3.16. The molecule has 0 radical (unpaired) electrons. The highest BCUT2D eigenvalue weighted by Gasteiger charge is 2.25. The second-order valence-corrected chi connectivity index (χ2v) is 21.2. The number of pyridine rings is 1. The third kappa shape index (κ3) is 7.24. The molecule has 2 saturated heterocycles. The van der Waals surface area contributed by atoms with Crippen molar-refractivity contribution in [1.29, 1.82) is 0 Å². The number of imidazole rings is 1. The van der Waals surface area contributed by atoms with Gasteiger partial charge in [-0.05, 0) is 18.2 Å². The Morgan fingerprint density at radius 2 is 1.77 bits per heavy atom. The topological polar surface area (TPSA) is 119 Å². The summed E-state index contributed by atoms with van der Waals surface area (Å²) in [5, 5.41) is 0. The lowest BCUT2D eigenvalue weighted by molar-refractivity contribution is 0.0895. The van der Waals surface area contributed by atoms with Gasteiger partial charge in [0.2, 0.25) is 10.0 Å².